The minimum absolute atomic E-state index is 0.0367. The number of sulfone groups is 1. The number of hydrogen-bond donors (Lipinski definition) is 4. The normalized spacial score (nSPS) is 17.2. The van der Waals surface area contributed by atoms with Crippen LogP contribution < -0.4 is 35.6 Å². The Morgan fingerprint density at radius 3 is 2.13 bits per heavy atom. The van der Waals surface area contributed by atoms with Crippen LogP contribution in [-0.4, -0.2) is 207 Å². The first kappa shape index (κ1) is 70.8. The van der Waals surface area contributed by atoms with E-state index in [1.165, 1.54) is 11.8 Å². The lowest BCUT2D eigenvalue weighted by atomic mass is 9.86. The molecule has 22 nitrogen and oxygen atoms in total. The van der Waals surface area contributed by atoms with Gasteiger partial charge in [0, 0.05) is 63.4 Å². The van der Waals surface area contributed by atoms with Gasteiger partial charge in [-0.15, -0.1) is 0 Å². The van der Waals surface area contributed by atoms with Crippen molar-refractivity contribution >= 4 is 62.1 Å². The molecule has 0 aliphatic carbocycles. The lowest BCUT2D eigenvalue weighted by molar-refractivity contribution is -0.123. The summed E-state index contributed by atoms with van der Waals surface area (Å²) in [6, 6.07) is 21.4. The number of amides is 2. The van der Waals surface area contributed by atoms with Crippen molar-refractivity contribution in [2.75, 3.05) is 154 Å². The number of piperidine rings is 1. The number of nitrogens with one attached hydrogen (secondary N) is 4. The van der Waals surface area contributed by atoms with E-state index in [0.29, 0.717) is 135 Å². The van der Waals surface area contributed by atoms with Crippen LogP contribution in [0.25, 0.3) is 0 Å². The summed E-state index contributed by atoms with van der Waals surface area (Å²) in [6.45, 7) is 25.7. The van der Waals surface area contributed by atoms with Crippen LogP contribution in [0.1, 0.15) is 95.2 Å². The highest BCUT2D eigenvalue weighted by Gasteiger charge is 2.41. The highest BCUT2D eigenvalue weighted by Crippen LogP contribution is 2.41. The molecule has 2 fully saturated rings. The number of hydrogen-bond acceptors (Lipinski definition) is 20. The Hall–Kier alpha value is -6.09. The van der Waals surface area contributed by atoms with Crippen molar-refractivity contribution in [3.8, 4) is 11.5 Å². The van der Waals surface area contributed by atoms with E-state index < -0.39 is 15.1 Å². The molecule has 2 atom stereocenters. The number of carbonyl (C=O) groups is 2. The molecule has 3 aromatic carbocycles. The fraction of sp³-hybridized carbons (Fsp3) is 0.567. The summed E-state index contributed by atoms with van der Waals surface area (Å²) >= 11 is 6.53. The molecule has 3 aliphatic rings. The van der Waals surface area contributed by atoms with Crippen molar-refractivity contribution in [3.05, 3.63) is 112 Å². The van der Waals surface area contributed by atoms with Gasteiger partial charge >= 0.3 is 0 Å². The molecule has 0 spiro atoms. The van der Waals surface area contributed by atoms with Gasteiger partial charge < -0.3 is 64.1 Å². The average molecular weight is 1300 g/mol. The molecule has 498 valence electrons. The second-order valence-corrected chi connectivity index (χ2v) is 27.5. The quantitative estimate of drug-likeness (QED) is 0.0276. The van der Waals surface area contributed by atoms with Crippen LogP contribution in [0.5, 0.6) is 11.5 Å². The lowest BCUT2D eigenvalue weighted by Crippen LogP contribution is -2.59. The van der Waals surface area contributed by atoms with E-state index in [4.69, 9.17) is 54.5 Å². The number of carbonyl (C=O) groups excluding carboxylic acids is 2. The van der Waals surface area contributed by atoms with Gasteiger partial charge in [-0.2, -0.15) is 4.98 Å². The second-order valence-electron chi connectivity index (χ2n) is 24.6. The van der Waals surface area contributed by atoms with Crippen LogP contribution >= 0.6 is 11.6 Å². The first-order valence-electron chi connectivity index (χ1n) is 31.8. The second kappa shape index (κ2) is 34.7. The SMILES string of the molecule is COC[C@H]1CN[C@H](C)CN1CC(=O)N1CC(C)(C)c2ncc(Cc3ccccc3OCCOCCOCCOCCOCCOCCNC(=O)CN3CCC(c4cc(OC(C)C)c(Nc5ncc(Cl)c(Nc6ccccc6S(=O)(=O)C(C)C)n5)cc4C)CC3)cc21. The van der Waals surface area contributed by atoms with E-state index in [-0.39, 0.29) is 57.0 Å². The van der Waals surface area contributed by atoms with Crippen molar-refractivity contribution in [2.24, 2.45) is 0 Å². The largest absolute Gasteiger partial charge is 0.491 e. The summed E-state index contributed by atoms with van der Waals surface area (Å²) in [5, 5.41) is 12.5. The topological polar surface area (TPSA) is 239 Å². The predicted molar refractivity (Wildman–Crippen MR) is 354 cm³/mol. The number of methoxy groups -OCH3 is 1. The van der Waals surface area contributed by atoms with E-state index in [9.17, 15) is 18.0 Å². The Bertz CT molecular complexity index is 3260. The van der Waals surface area contributed by atoms with E-state index >= 15 is 0 Å². The molecular weight excluding hydrogens is 1200 g/mol. The number of para-hydroxylation sites is 2. The number of benzene rings is 3. The summed E-state index contributed by atoms with van der Waals surface area (Å²) in [6.07, 6.45) is 5.66. The molecule has 2 saturated heterocycles. The van der Waals surface area contributed by atoms with Crippen LogP contribution in [0.4, 0.5) is 28.8 Å². The predicted octanol–water partition coefficient (Wildman–Crippen LogP) is 8.27. The first-order valence-corrected chi connectivity index (χ1v) is 33.8. The van der Waals surface area contributed by atoms with Crippen molar-refractivity contribution < 1.29 is 55.9 Å². The van der Waals surface area contributed by atoms with Gasteiger partial charge in [0.1, 0.15) is 23.1 Å². The van der Waals surface area contributed by atoms with Crippen LogP contribution in [0, 0.1) is 6.92 Å². The molecular formula is C67H95ClN10O12S. The molecule has 4 N–H and O–H groups in total. The molecule has 24 heteroatoms. The van der Waals surface area contributed by atoms with Crippen molar-refractivity contribution in [1.82, 2.24) is 35.4 Å². The van der Waals surface area contributed by atoms with E-state index in [2.05, 4.69) is 86.9 Å². The van der Waals surface area contributed by atoms with Gasteiger partial charge in [-0.05, 0) is 132 Å². The number of fused-ring (bicyclic) bond motifs is 1. The fourth-order valence-electron chi connectivity index (χ4n) is 11.5. The van der Waals surface area contributed by atoms with Gasteiger partial charge in [0.2, 0.25) is 17.8 Å². The smallest absolute Gasteiger partial charge is 0.241 e. The minimum atomic E-state index is -3.59. The molecule has 5 aromatic rings. The van der Waals surface area contributed by atoms with Crippen LogP contribution in [0.15, 0.2) is 84.0 Å². The summed E-state index contributed by atoms with van der Waals surface area (Å²) < 4.78 is 72.7. The van der Waals surface area contributed by atoms with E-state index in [1.807, 2.05) is 49.2 Å². The summed E-state index contributed by atoms with van der Waals surface area (Å²) in [4.78, 5) is 47.3. The zero-order chi connectivity index (χ0) is 64.9. The van der Waals surface area contributed by atoms with Gasteiger partial charge in [-0.3, -0.25) is 24.4 Å². The molecule has 0 radical (unpaired) electrons. The molecule has 5 heterocycles. The zero-order valence-corrected chi connectivity index (χ0v) is 56.1. The van der Waals surface area contributed by atoms with Crippen molar-refractivity contribution in [2.45, 2.75) is 114 Å². The van der Waals surface area contributed by atoms with Gasteiger partial charge in [0.25, 0.3) is 0 Å². The number of rotatable bonds is 36. The average Bonchev–Trinajstić information content (AvgIpc) is 2.06. The maximum Gasteiger partial charge on any atom is 0.241 e. The Morgan fingerprint density at radius 1 is 0.791 bits per heavy atom. The standard InChI is InChI=1S/C67H95ClN10O12S/c1-46(2)90-60-37-54(48(5)34-57(60)74-66-72-40-55(68)65(75-66)73-56-15-11-13-17-61(56)91(81,82)47(3)4)51-18-21-76(22-19-51)42-62(79)69-20-23-84-24-25-85-26-27-86-28-29-87-30-31-88-32-33-89-59-16-12-10-14-52(59)35-50-36-58-64(71-38-50)67(7,8)45-78(58)63(80)43-77-41-49(6)70-39-53(77)44-83-9/h10-17,34,36-38,40,46-47,49,51,53,70H,18-33,35,39,41-45H2,1-9H3,(H,69,79)(H2,72,73,74,75)/t49-,53-/m1/s1. The minimum Gasteiger partial charge on any atom is -0.491 e. The first-order chi connectivity index (χ1) is 43.8. The van der Waals surface area contributed by atoms with E-state index in [0.717, 1.165) is 72.8 Å². The fourth-order valence-corrected chi connectivity index (χ4v) is 12.8. The molecule has 3 aliphatic heterocycles. The summed E-state index contributed by atoms with van der Waals surface area (Å²) in [7, 11) is -1.88. The van der Waals surface area contributed by atoms with Crippen LogP contribution in [0.2, 0.25) is 5.02 Å². The Balaban J connectivity index is 0.637. The highest BCUT2D eigenvalue weighted by atomic mass is 35.5. The molecule has 91 heavy (non-hydrogen) atoms. The number of pyridine rings is 1. The molecule has 2 amide bonds. The molecule has 0 saturated carbocycles. The monoisotopic (exact) mass is 1300 g/mol. The Kier molecular flexibility index (Phi) is 27.0. The molecule has 2 aromatic heterocycles. The lowest BCUT2D eigenvalue weighted by Gasteiger charge is -2.39. The number of halogens is 1. The number of anilines is 5. The van der Waals surface area contributed by atoms with Gasteiger partial charge in [-0.1, -0.05) is 55.8 Å². The third-order valence-corrected chi connectivity index (χ3v) is 18.7. The van der Waals surface area contributed by atoms with Gasteiger partial charge in [0.05, 0.1) is 131 Å². The number of nitrogens with zero attached hydrogens (tertiary/aromatic N) is 6. The highest BCUT2D eigenvalue weighted by molar-refractivity contribution is 7.92. The number of aryl methyl sites for hydroxylation is 1. The molecule has 0 unspecified atom stereocenters. The van der Waals surface area contributed by atoms with Gasteiger partial charge in [0.15, 0.2) is 15.7 Å². The van der Waals surface area contributed by atoms with E-state index in [1.54, 1.807) is 45.2 Å². The maximum atomic E-state index is 14.0. The third-order valence-electron chi connectivity index (χ3n) is 16.2. The number of likely N-dealkylation sites (tertiary alicyclic amines) is 1. The molecule has 0 bridgehead atoms. The number of aromatic nitrogens is 3. The maximum absolute atomic E-state index is 14.0. The Labute approximate surface area is 543 Å². The summed E-state index contributed by atoms with van der Waals surface area (Å²) in [5.74, 6) is 2.26. The third kappa shape index (κ3) is 20.7. The Morgan fingerprint density at radius 2 is 1.45 bits per heavy atom. The van der Waals surface area contributed by atoms with Crippen molar-refractivity contribution in [3.63, 3.8) is 0 Å². The van der Waals surface area contributed by atoms with Crippen LogP contribution in [-0.2, 0) is 59.7 Å². The van der Waals surface area contributed by atoms with Gasteiger partial charge in [-0.25, -0.2) is 13.4 Å². The summed E-state index contributed by atoms with van der Waals surface area (Å²) in [5.41, 5.74) is 6.92. The zero-order valence-electron chi connectivity index (χ0n) is 54.5. The number of ether oxygens (including phenoxy) is 8. The number of piperazine rings is 1. The van der Waals surface area contributed by atoms with Crippen LogP contribution in [0.3, 0.4) is 0 Å². The molecule has 8 rings (SSSR count). The van der Waals surface area contributed by atoms with Crippen molar-refractivity contribution in [1.29, 1.82) is 0 Å².